The molecular weight excluding hydrogens is 382 g/mol. The summed E-state index contributed by atoms with van der Waals surface area (Å²) in [7, 11) is 1.68. The van der Waals surface area contributed by atoms with E-state index < -0.39 is 0 Å². The number of anilines is 2. The van der Waals surface area contributed by atoms with Crippen LogP contribution in [0.4, 0.5) is 11.4 Å². The standard InChI is InChI=1S/C23H27N3O4/c1-29-20-9-4-2-7-18(20)24-13-15-25(16-14-24)22(27)11-6-12-26-19-8-3-5-10-21(19)30-17-23(26)28/h2-5,7-10H,6,11-17H2,1H3. The summed E-state index contributed by atoms with van der Waals surface area (Å²) in [6.45, 7) is 3.51. The first kappa shape index (κ1) is 20.1. The highest BCUT2D eigenvalue weighted by Crippen LogP contribution is 2.32. The van der Waals surface area contributed by atoms with Gasteiger partial charge in [0, 0.05) is 39.1 Å². The topological polar surface area (TPSA) is 62.3 Å². The minimum absolute atomic E-state index is 0.0515. The number of nitrogens with zero attached hydrogens (tertiary/aromatic N) is 3. The van der Waals surface area contributed by atoms with Gasteiger partial charge in [0.25, 0.3) is 5.91 Å². The van der Waals surface area contributed by atoms with E-state index >= 15 is 0 Å². The van der Waals surface area contributed by atoms with Crippen molar-refractivity contribution in [1.29, 1.82) is 0 Å². The van der Waals surface area contributed by atoms with Crippen molar-refractivity contribution >= 4 is 23.2 Å². The molecule has 2 aliphatic rings. The highest BCUT2D eigenvalue weighted by atomic mass is 16.5. The highest BCUT2D eigenvalue weighted by molar-refractivity contribution is 5.97. The number of ether oxygens (including phenoxy) is 2. The van der Waals surface area contributed by atoms with Gasteiger partial charge in [-0.2, -0.15) is 0 Å². The van der Waals surface area contributed by atoms with Gasteiger partial charge in [0.1, 0.15) is 11.5 Å². The number of amides is 2. The highest BCUT2D eigenvalue weighted by Gasteiger charge is 2.26. The maximum absolute atomic E-state index is 12.7. The molecule has 1 saturated heterocycles. The van der Waals surface area contributed by atoms with Crippen molar-refractivity contribution in [2.24, 2.45) is 0 Å². The lowest BCUT2D eigenvalue weighted by Gasteiger charge is -2.36. The number of rotatable bonds is 6. The van der Waals surface area contributed by atoms with E-state index in [-0.39, 0.29) is 18.4 Å². The van der Waals surface area contributed by atoms with Gasteiger partial charge in [0.2, 0.25) is 5.91 Å². The van der Waals surface area contributed by atoms with Crippen LogP contribution in [0.5, 0.6) is 11.5 Å². The summed E-state index contributed by atoms with van der Waals surface area (Å²) >= 11 is 0. The normalized spacial score (nSPS) is 16.2. The van der Waals surface area contributed by atoms with Gasteiger partial charge in [-0.15, -0.1) is 0 Å². The molecule has 2 amide bonds. The number of para-hydroxylation sites is 4. The first-order valence-corrected chi connectivity index (χ1v) is 10.4. The third kappa shape index (κ3) is 4.20. The second kappa shape index (κ2) is 9.07. The molecule has 2 aliphatic heterocycles. The van der Waals surface area contributed by atoms with Gasteiger partial charge in [-0.25, -0.2) is 0 Å². The maximum atomic E-state index is 12.7. The van der Waals surface area contributed by atoms with Crippen molar-refractivity contribution in [2.45, 2.75) is 12.8 Å². The smallest absolute Gasteiger partial charge is 0.265 e. The summed E-state index contributed by atoms with van der Waals surface area (Å²) in [6, 6.07) is 15.5. The molecule has 0 aromatic heterocycles. The van der Waals surface area contributed by atoms with Gasteiger partial charge in [-0.1, -0.05) is 24.3 Å². The lowest BCUT2D eigenvalue weighted by Crippen LogP contribution is -2.49. The summed E-state index contributed by atoms with van der Waals surface area (Å²) in [5, 5.41) is 0. The zero-order chi connectivity index (χ0) is 20.9. The van der Waals surface area contributed by atoms with Crippen molar-refractivity contribution in [1.82, 2.24) is 4.90 Å². The number of hydrogen-bond donors (Lipinski definition) is 0. The number of methoxy groups -OCH3 is 1. The fourth-order valence-electron chi connectivity index (χ4n) is 4.03. The maximum Gasteiger partial charge on any atom is 0.265 e. The van der Waals surface area contributed by atoms with E-state index in [1.54, 1.807) is 12.0 Å². The average Bonchev–Trinajstić information content (AvgIpc) is 2.80. The molecule has 0 unspecified atom stereocenters. The predicted molar refractivity (Wildman–Crippen MR) is 115 cm³/mol. The molecule has 2 aromatic carbocycles. The number of fused-ring (bicyclic) bond motifs is 1. The Hall–Kier alpha value is -3.22. The molecule has 0 aliphatic carbocycles. The second-order valence-corrected chi connectivity index (χ2v) is 7.45. The van der Waals surface area contributed by atoms with Crippen LogP contribution in [-0.2, 0) is 9.59 Å². The molecule has 158 valence electrons. The quantitative estimate of drug-likeness (QED) is 0.734. The molecule has 7 heteroatoms. The van der Waals surface area contributed by atoms with Crippen LogP contribution in [0.3, 0.4) is 0 Å². The molecule has 0 bridgehead atoms. The molecule has 2 heterocycles. The van der Waals surface area contributed by atoms with Crippen molar-refractivity contribution in [3.8, 4) is 11.5 Å². The van der Waals surface area contributed by atoms with Crippen LogP contribution in [0.15, 0.2) is 48.5 Å². The predicted octanol–water partition coefficient (Wildman–Crippen LogP) is 2.55. The van der Waals surface area contributed by atoms with Crippen molar-refractivity contribution in [2.75, 3.05) is 56.2 Å². The van der Waals surface area contributed by atoms with E-state index in [1.165, 1.54) is 0 Å². The van der Waals surface area contributed by atoms with Crippen LogP contribution in [-0.4, -0.2) is 63.2 Å². The number of benzene rings is 2. The lowest BCUT2D eigenvalue weighted by atomic mass is 10.2. The van der Waals surface area contributed by atoms with Gasteiger partial charge >= 0.3 is 0 Å². The molecule has 1 fully saturated rings. The Balaban J connectivity index is 1.27. The van der Waals surface area contributed by atoms with E-state index in [9.17, 15) is 9.59 Å². The average molecular weight is 409 g/mol. The summed E-state index contributed by atoms with van der Waals surface area (Å²) in [5.41, 5.74) is 1.85. The fourth-order valence-corrected chi connectivity index (χ4v) is 4.03. The Morgan fingerprint density at radius 3 is 2.47 bits per heavy atom. The van der Waals surface area contributed by atoms with E-state index in [0.717, 1.165) is 36.0 Å². The van der Waals surface area contributed by atoms with E-state index in [0.29, 0.717) is 32.5 Å². The van der Waals surface area contributed by atoms with Crippen LogP contribution in [0.2, 0.25) is 0 Å². The van der Waals surface area contributed by atoms with E-state index in [1.807, 2.05) is 53.4 Å². The molecule has 0 atom stereocenters. The number of carbonyl (C=O) groups is 2. The summed E-state index contributed by atoms with van der Waals surface area (Å²) < 4.78 is 10.9. The monoisotopic (exact) mass is 409 g/mol. The zero-order valence-electron chi connectivity index (χ0n) is 17.3. The molecule has 0 spiro atoms. The Morgan fingerprint density at radius 1 is 1.00 bits per heavy atom. The van der Waals surface area contributed by atoms with E-state index in [4.69, 9.17) is 9.47 Å². The van der Waals surface area contributed by atoms with Crippen molar-refractivity contribution in [3.63, 3.8) is 0 Å². The Morgan fingerprint density at radius 2 is 1.70 bits per heavy atom. The first-order chi connectivity index (χ1) is 14.7. The van der Waals surface area contributed by atoms with Gasteiger partial charge in [0.15, 0.2) is 6.61 Å². The van der Waals surface area contributed by atoms with Gasteiger partial charge in [-0.3, -0.25) is 9.59 Å². The van der Waals surface area contributed by atoms with Crippen molar-refractivity contribution < 1.29 is 19.1 Å². The SMILES string of the molecule is COc1ccccc1N1CCN(C(=O)CCCN2C(=O)COc3ccccc32)CC1. The Bertz CT molecular complexity index is 909. The summed E-state index contributed by atoms with van der Waals surface area (Å²) in [4.78, 5) is 30.8. The zero-order valence-corrected chi connectivity index (χ0v) is 17.3. The third-order valence-electron chi connectivity index (χ3n) is 5.64. The number of carbonyl (C=O) groups excluding carboxylic acids is 2. The fraction of sp³-hybridized carbons (Fsp3) is 0.391. The summed E-state index contributed by atoms with van der Waals surface area (Å²) in [6.07, 6.45) is 1.06. The second-order valence-electron chi connectivity index (χ2n) is 7.45. The molecule has 2 aromatic rings. The molecule has 7 nitrogen and oxygen atoms in total. The van der Waals surface area contributed by atoms with Crippen molar-refractivity contribution in [3.05, 3.63) is 48.5 Å². The van der Waals surface area contributed by atoms with Crippen LogP contribution in [0.25, 0.3) is 0 Å². The van der Waals surface area contributed by atoms with Crippen LogP contribution < -0.4 is 19.3 Å². The van der Waals surface area contributed by atoms with Crippen LogP contribution >= 0.6 is 0 Å². The van der Waals surface area contributed by atoms with Gasteiger partial charge < -0.3 is 24.2 Å². The van der Waals surface area contributed by atoms with Crippen LogP contribution in [0.1, 0.15) is 12.8 Å². The minimum atomic E-state index is -0.0634. The molecule has 4 rings (SSSR count). The molecule has 0 saturated carbocycles. The Kier molecular flexibility index (Phi) is 6.07. The number of hydrogen-bond acceptors (Lipinski definition) is 5. The lowest BCUT2D eigenvalue weighted by molar-refractivity contribution is -0.131. The van der Waals surface area contributed by atoms with E-state index in [2.05, 4.69) is 4.90 Å². The largest absolute Gasteiger partial charge is 0.495 e. The minimum Gasteiger partial charge on any atom is -0.495 e. The van der Waals surface area contributed by atoms with Crippen LogP contribution in [0, 0.1) is 0 Å². The molecule has 0 N–H and O–H groups in total. The Labute approximate surface area is 176 Å². The molecule has 0 radical (unpaired) electrons. The third-order valence-corrected chi connectivity index (χ3v) is 5.64. The number of piperazine rings is 1. The van der Waals surface area contributed by atoms with Gasteiger partial charge in [0.05, 0.1) is 18.5 Å². The summed E-state index contributed by atoms with van der Waals surface area (Å²) in [5.74, 6) is 1.65. The van der Waals surface area contributed by atoms with Gasteiger partial charge in [-0.05, 0) is 30.7 Å². The first-order valence-electron chi connectivity index (χ1n) is 10.4. The molecule has 30 heavy (non-hydrogen) atoms. The molecular formula is C23H27N3O4.